The van der Waals surface area contributed by atoms with E-state index in [0.717, 1.165) is 25.1 Å². The summed E-state index contributed by atoms with van der Waals surface area (Å²) < 4.78 is 13.8. The molecule has 1 aromatic rings. The Balaban J connectivity index is 1.89. The molecule has 1 fully saturated rings. The van der Waals surface area contributed by atoms with E-state index in [2.05, 4.69) is 17.1 Å². The van der Waals surface area contributed by atoms with Crippen molar-refractivity contribution in [3.8, 4) is 0 Å². The van der Waals surface area contributed by atoms with Crippen LogP contribution in [0, 0.1) is 5.82 Å². The zero-order chi connectivity index (χ0) is 13.7. The second kappa shape index (κ2) is 6.90. The predicted molar refractivity (Wildman–Crippen MR) is 79.1 cm³/mol. The standard InChI is InChI=1S/C16H25FN2/c1-3-12-18-13-8-10-14(11-9-13)19(2)16-7-5-4-6-15(16)17/h4-7,13-14,18H,3,8-12H2,1-2H3. The Morgan fingerprint density at radius 1 is 1.21 bits per heavy atom. The molecule has 3 heteroatoms. The van der Waals surface area contributed by atoms with Gasteiger partial charge >= 0.3 is 0 Å². The fourth-order valence-corrected chi connectivity index (χ4v) is 2.95. The van der Waals surface area contributed by atoms with Gasteiger partial charge in [0.25, 0.3) is 0 Å². The second-order valence-corrected chi connectivity index (χ2v) is 5.52. The van der Waals surface area contributed by atoms with E-state index in [1.165, 1.54) is 19.3 Å². The average Bonchev–Trinajstić information content (AvgIpc) is 2.45. The van der Waals surface area contributed by atoms with Crippen molar-refractivity contribution in [1.29, 1.82) is 0 Å². The second-order valence-electron chi connectivity index (χ2n) is 5.52. The molecule has 1 aliphatic rings. The van der Waals surface area contributed by atoms with Crippen molar-refractivity contribution in [2.24, 2.45) is 0 Å². The first-order valence-electron chi connectivity index (χ1n) is 7.43. The van der Waals surface area contributed by atoms with Crippen LogP contribution >= 0.6 is 0 Å². The third-order valence-corrected chi connectivity index (χ3v) is 4.16. The van der Waals surface area contributed by atoms with E-state index in [9.17, 15) is 4.39 Å². The zero-order valence-corrected chi connectivity index (χ0v) is 12.0. The summed E-state index contributed by atoms with van der Waals surface area (Å²) in [6.07, 6.45) is 5.88. The quantitative estimate of drug-likeness (QED) is 0.874. The van der Waals surface area contributed by atoms with Gasteiger partial charge < -0.3 is 10.2 Å². The van der Waals surface area contributed by atoms with Crippen molar-refractivity contribution in [3.63, 3.8) is 0 Å². The maximum absolute atomic E-state index is 13.8. The normalized spacial score (nSPS) is 23.3. The summed E-state index contributed by atoms with van der Waals surface area (Å²) in [5, 5.41) is 3.59. The number of para-hydroxylation sites is 1. The van der Waals surface area contributed by atoms with Gasteiger partial charge in [-0.1, -0.05) is 19.1 Å². The summed E-state index contributed by atoms with van der Waals surface area (Å²) in [4.78, 5) is 2.12. The van der Waals surface area contributed by atoms with Gasteiger partial charge in [0.2, 0.25) is 0 Å². The number of nitrogens with one attached hydrogen (secondary N) is 1. The molecule has 0 spiro atoms. The molecule has 0 aliphatic heterocycles. The third-order valence-electron chi connectivity index (χ3n) is 4.16. The Labute approximate surface area is 116 Å². The summed E-state index contributed by atoms with van der Waals surface area (Å²) in [5.74, 6) is -0.115. The van der Waals surface area contributed by atoms with Crippen molar-refractivity contribution >= 4 is 5.69 Å². The highest BCUT2D eigenvalue weighted by Gasteiger charge is 2.24. The van der Waals surface area contributed by atoms with E-state index >= 15 is 0 Å². The molecule has 1 saturated carbocycles. The molecule has 106 valence electrons. The molecule has 0 aromatic heterocycles. The SMILES string of the molecule is CCCNC1CCC(N(C)c2ccccc2F)CC1. The Hall–Kier alpha value is -1.09. The van der Waals surface area contributed by atoms with Gasteiger partial charge in [-0.2, -0.15) is 0 Å². The predicted octanol–water partition coefficient (Wildman–Crippen LogP) is 3.57. The van der Waals surface area contributed by atoms with Gasteiger partial charge in [0, 0.05) is 19.1 Å². The van der Waals surface area contributed by atoms with E-state index in [1.807, 2.05) is 19.2 Å². The molecule has 1 aliphatic carbocycles. The first kappa shape index (κ1) is 14.3. The lowest BCUT2D eigenvalue weighted by molar-refractivity contribution is 0.336. The lowest BCUT2D eigenvalue weighted by Crippen LogP contribution is -2.41. The third kappa shape index (κ3) is 3.69. The van der Waals surface area contributed by atoms with Crippen molar-refractivity contribution in [2.45, 2.75) is 51.1 Å². The Morgan fingerprint density at radius 3 is 2.53 bits per heavy atom. The van der Waals surface area contributed by atoms with Gasteiger partial charge in [0.15, 0.2) is 0 Å². The Bertz CT molecular complexity index is 386. The molecular weight excluding hydrogens is 239 g/mol. The lowest BCUT2D eigenvalue weighted by atomic mass is 9.90. The average molecular weight is 264 g/mol. The number of rotatable bonds is 5. The van der Waals surface area contributed by atoms with Gasteiger partial charge in [0.1, 0.15) is 5.82 Å². The van der Waals surface area contributed by atoms with Crippen molar-refractivity contribution in [1.82, 2.24) is 5.32 Å². The van der Waals surface area contributed by atoms with Crippen LogP contribution in [0.4, 0.5) is 10.1 Å². The largest absolute Gasteiger partial charge is 0.369 e. The maximum Gasteiger partial charge on any atom is 0.146 e. The molecule has 1 aromatic carbocycles. The smallest absolute Gasteiger partial charge is 0.146 e. The van der Waals surface area contributed by atoms with E-state index in [0.29, 0.717) is 12.1 Å². The zero-order valence-electron chi connectivity index (χ0n) is 12.0. The van der Waals surface area contributed by atoms with Crippen molar-refractivity contribution in [3.05, 3.63) is 30.1 Å². The molecule has 0 heterocycles. The maximum atomic E-state index is 13.8. The summed E-state index contributed by atoms with van der Waals surface area (Å²) in [7, 11) is 2.02. The van der Waals surface area contributed by atoms with Crippen LogP contribution in [0.15, 0.2) is 24.3 Å². The van der Waals surface area contributed by atoms with Gasteiger partial charge in [-0.05, 0) is 50.8 Å². The van der Waals surface area contributed by atoms with E-state index in [-0.39, 0.29) is 5.82 Å². The van der Waals surface area contributed by atoms with Crippen LogP contribution in [0.1, 0.15) is 39.0 Å². The van der Waals surface area contributed by atoms with Gasteiger partial charge in [-0.3, -0.25) is 0 Å². The fourth-order valence-electron chi connectivity index (χ4n) is 2.95. The Morgan fingerprint density at radius 2 is 1.89 bits per heavy atom. The topological polar surface area (TPSA) is 15.3 Å². The number of halogens is 1. The lowest BCUT2D eigenvalue weighted by Gasteiger charge is -2.36. The summed E-state index contributed by atoms with van der Waals surface area (Å²) in [6, 6.07) is 8.19. The molecular formula is C16H25FN2. The molecule has 0 saturated heterocycles. The minimum atomic E-state index is -0.115. The first-order chi connectivity index (χ1) is 9.22. The first-order valence-corrected chi connectivity index (χ1v) is 7.43. The molecule has 0 amide bonds. The minimum absolute atomic E-state index is 0.115. The van der Waals surface area contributed by atoms with E-state index < -0.39 is 0 Å². The number of benzene rings is 1. The van der Waals surface area contributed by atoms with E-state index in [4.69, 9.17) is 0 Å². The summed E-state index contributed by atoms with van der Waals surface area (Å²) in [6.45, 7) is 3.31. The van der Waals surface area contributed by atoms with Gasteiger partial charge in [-0.15, -0.1) is 0 Å². The molecule has 2 nitrogen and oxygen atoms in total. The van der Waals surface area contributed by atoms with Crippen LogP contribution in [-0.4, -0.2) is 25.7 Å². The number of anilines is 1. The monoisotopic (exact) mass is 264 g/mol. The summed E-state index contributed by atoms with van der Waals surface area (Å²) >= 11 is 0. The molecule has 0 radical (unpaired) electrons. The highest BCUT2D eigenvalue weighted by Crippen LogP contribution is 2.27. The highest BCUT2D eigenvalue weighted by molar-refractivity contribution is 5.47. The number of nitrogens with zero attached hydrogens (tertiary/aromatic N) is 1. The number of hydrogen-bond acceptors (Lipinski definition) is 2. The molecule has 2 rings (SSSR count). The molecule has 0 bridgehead atoms. The molecule has 0 atom stereocenters. The number of hydrogen-bond donors (Lipinski definition) is 1. The highest BCUT2D eigenvalue weighted by atomic mass is 19.1. The van der Waals surface area contributed by atoms with Crippen molar-refractivity contribution in [2.75, 3.05) is 18.5 Å². The van der Waals surface area contributed by atoms with Crippen LogP contribution in [0.5, 0.6) is 0 Å². The molecule has 1 N–H and O–H groups in total. The minimum Gasteiger partial charge on any atom is -0.369 e. The van der Waals surface area contributed by atoms with Gasteiger partial charge in [-0.25, -0.2) is 4.39 Å². The van der Waals surface area contributed by atoms with E-state index in [1.54, 1.807) is 12.1 Å². The van der Waals surface area contributed by atoms with Crippen LogP contribution < -0.4 is 10.2 Å². The Kier molecular flexibility index (Phi) is 5.20. The van der Waals surface area contributed by atoms with Crippen LogP contribution in [0.25, 0.3) is 0 Å². The van der Waals surface area contributed by atoms with Gasteiger partial charge in [0.05, 0.1) is 5.69 Å². The molecule has 0 unspecified atom stereocenters. The summed E-state index contributed by atoms with van der Waals surface area (Å²) in [5.41, 5.74) is 0.729. The van der Waals surface area contributed by atoms with Crippen LogP contribution in [0.2, 0.25) is 0 Å². The van der Waals surface area contributed by atoms with Crippen LogP contribution in [0.3, 0.4) is 0 Å². The van der Waals surface area contributed by atoms with Crippen molar-refractivity contribution < 1.29 is 4.39 Å². The fraction of sp³-hybridized carbons (Fsp3) is 0.625. The molecule has 19 heavy (non-hydrogen) atoms. The van der Waals surface area contributed by atoms with Crippen LogP contribution in [-0.2, 0) is 0 Å².